The molecule has 1 aromatic rings. The minimum atomic E-state index is -1.06. The lowest BCUT2D eigenvalue weighted by Crippen LogP contribution is -2.40. The molecule has 5 aliphatic rings. The Morgan fingerprint density at radius 3 is 2.22 bits per heavy atom. The van der Waals surface area contributed by atoms with Crippen LogP contribution in [0.1, 0.15) is 16.8 Å². The van der Waals surface area contributed by atoms with Crippen molar-refractivity contribution in [3.8, 4) is 0 Å². The Kier molecular flexibility index (Phi) is 2.33. The molecule has 2 saturated carbocycles. The number of carboxylic acids is 1. The Hall–Kier alpha value is -2.43. The summed E-state index contributed by atoms with van der Waals surface area (Å²) in [6.45, 7) is 0. The second-order valence-corrected chi connectivity index (χ2v) is 7.02. The number of hydrogen-bond acceptors (Lipinski definition) is 3. The molecule has 3 fully saturated rings. The van der Waals surface area contributed by atoms with E-state index in [4.69, 9.17) is 5.11 Å². The second-order valence-electron chi connectivity index (χ2n) is 7.02. The highest BCUT2D eigenvalue weighted by Gasteiger charge is 2.67. The molecule has 6 rings (SSSR count). The van der Waals surface area contributed by atoms with Gasteiger partial charge < -0.3 is 5.11 Å². The smallest absolute Gasteiger partial charge is 0.335 e. The van der Waals surface area contributed by atoms with E-state index in [1.54, 1.807) is 12.1 Å². The summed E-state index contributed by atoms with van der Waals surface area (Å²) < 4.78 is 0. The first kappa shape index (κ1) is 13.0. The molecule has 5 nitrogen and oxygen atoms in total. The summed E-state index contributed by atoms with van der Waals surface area (Å²) in [6, 6.07) is 6.08. The Morgan fingerprint density at radius 1 is 1.04 bits per heavy atom. The van der Waals surface area contributed by atoms with Gasteiger partial charge in [-0.15, -0.1) is 0 Å². The molecule has 6 atom stereocenters. The Morgan fingerprint density at radius 2 is 1.65 bits per heavy atom. The van der Waals surface area contributed by atoms with Crippen molar-refractivity contribution in [1.29, 1.82) is 0 Å². The van der Waals surface area contributed by atoms with Crippen molar-refractivity contribution in [3.63, 3.8) is 0 Å². The van der Waals surface area contributed by atoms with Crippen LogP contribution in [0.3, 0.4) is 0 Å². The summed E-state index contributed by atoms with van der Waals surface area (Å²) in [5.41, 5.74) is 0.462. The molecule has 0 spiro atoms. The summed E-state index contributed by atoms with van der Waals surface area (Å²) in [6.07, 6.45) is 5.38. The van der Waals surface area contributed by atoms with Crippen molar-refractivity contribution < 1.29 is 19.5 Å². The van der Waals surface area contributed by atoms with Crippen LogP contribution in [0.25, 0.3) is 0 Å². The van der Waals surface area contributed by atoms with Gasteiger partial charge >= 0.3 is 5.97 Å². The van der Waals surface area contributed by atoms with E-state index in [1.165, 1.54) is 17.0 Å². The van der Waals surface area contributed by atoms with E-state index >= 15 is 0 Å². The minimum Gasteiger partial charge on any atom is -0.478 e. The molecule has 1 saturated heterocycles. The monoisotopic (exact) mass is 309 g/mol. The second kappa shape index (κ2) is 4.10. The van der Waals surface area contributed by atoms with Gasteiger partial charge in [0, 0.05) is 0 Å². The van der Waals surface area contributed by atoms with E-state index in [0.29, 0.717) is 17.5 Å². The van der Waals surface area contributed by atoms with Gasteiger partial charge in [-0.25, -0.2) is 9.69 Å². The van der Waals surface area contributed by atoms with E-state index in [9.17, 15) is 14.4 Å². The number of rotatable bonds is 2. The standard InChI is InChI=1S/C18H15NO4/c20-16-14-10-4-5-11(13-7-12(10)13)15(14)17(21)19(16)9-3-1-2-8(6-9)18(22)23/h1-6,10-15H,7H2,(H,22,23)/t10-,11+,12-,13-,14+,15-/m1/s1. The number of nitrogens with zero attached hydrogens (tertiary/aromatic N) is 1. The van der Waals surface area contributed by atoms with Crippen LogP contribution in [0.5, 0.6) is 0 Å². The largest absolute Gasteiger partial charge is 0.478 e. The highest BCUT2D eigenvalue weighted by molar-refractivity contribution is 6.22. The molecule has 0 aromatic heterocycles. The number of carbonyl (C=O) groups is 3. The molecule has 1 aromatic carbocycles. The highest BCUT2D eigenvalue weighted by Crippen LogP contribution is 2.65. The maximum absolute atomic E-state index is 12.9. The fourth-order valence-electron chi connectivity index (χ4n) is 4.99. The average Bonchev–Trinajstić information content (AvgIpc) is 3.32. The van der Waals surface area contributed by atoms with Crippen molar-refractivity contribution in [2.75, 3.05) is 4.90 Å². The van der Waals surface area contributed by atoms with Crippen molar-refractivity contribution in [2.45, 2.75) is 6.42 Å². The molecule has 5 heteroatoms. The highest BCUT2D eigenvalue weighted by atomic mass is 16.4. The first-order valence-electron chi connectivity index (χ1n) is 7.97. The summed E-state index contributed by atoms with van der Waals surface area (Å²) in [5.74, 6) is -0.407. The van der Waals surface area contributed by atoms with Gasteiger partial charge in [0.2, 0.25) is 11.8 Å². The van der Waals surface area contributed by atoms with Gasteiger partial charge in [0.05, 0.1) is 23.1 Å². The summed E-state index contributed by atoms with van der Waals surface area (Å²) in [7, 11) is 0. The molecule has 0 unspecified atom stereocenters. The summed E-state index contributed by atoms with van der Waals surface area (Å²) >= 11 is 0. The molecule has 2 amide bonds. The number of amides is 2. The Bertz CT molecular complexity index is 762. The van der Waals surface area contributed by atoms with Crippen LogP contribution < -0.4 is 4.90 Å². The number of carboxylic acid groups (broad SMARTS) is 1. The molecule has 0 radical (unpaired) electrons. The molecule has 23 heavy (non-hydrogen) atoms. The van der Waals surface area contributed by atoms with Gasteiger partial charge in [-0.2, -0.15) is 0 Å². The normalized spacial score (nSPS) is 39.4. The maximum atomic E-state index is 12.9. The molecule has 4 aliphatic carbocycles. The van der Waals surface area contributed by atoms with E-state index in [2.05, 4.69) is 12.2 Å². The van der Waals surface area contributed by atoms with Gasteiger partial charge in [-0.1, -0.05) is 18.2 Å². The van der Waals surface area contributed by atoms with Crippen LogP contribution in [-0.2, 0) is 9.59 Å². The Labute approximate surface area is 132 Å². The lowest BCUT2D eigenvalue weighted by molar-refractivity contribution is -0.124. The van der Waals surface area contributed by atoms with Gasteiger partial charge in [0.1, 0.15) is 0 Å². The molecular formula is C18H15NO4. The first-order valence-corrected chi connectivity index (χ1v) is 7.97. The van der Waals surface area contributed by atoms with E-state index in [0.717, 1.165) is 6.42 Å². The van der Waals surface area contributed by atoms with Gasteiger partial charge in [0.15, 0.2) is 0 Å². The zero-order valence-corrected chi connectivity index (χ0v) is 12.3. The van der Waals surface area contributed by atoms with Crippen LogP contribution in [0.15, 0.2) is 36.4 Å². The third-order valence-corrected chi connectivity index (χ3v) is 6.01. The zero-order valence-electron chi connectivity index (χ0n) is 12.3. The van der Waals surface area contributed by atoms with Crippen LogP contribution in [0.4, 0.5) is 5.69 Å². The van der Waals surface area contributed by atoms with Gasteiger partial charge in [0.25, 0.3) is 0 Å². The van der Waals surface area contributed by atoms with Crippen LogP contribution in [-0.4, -0.2) is 22.9 Å². The quantitative estimate of drug-likeness (QED) is 0.669. The van der Waals surface area contributed by atoms with Crippen LogP contribution in [0.2, 0.25) is 0 Å². The lowest BCUT2D eigenvalue weighted by Gasteiger charge is -2.37. The number of anilines is 1. The average molecular weight is 309 g/mol. The fourth-order valence-corrected chi connectivity index (χ4v) is 4.99. The van der Waals surface area contributed by atoms with Crippen LogP contribution in [0, 0.1) is 35.5 Å². The van der Waals surface area contributed by atoms with Crippen molar-refractivity contribution in [3.05, 3.63) is 42.0 Å². The zero-order chi connectivity index (χ0) is 15.9. The van der Waals surface area contributed by atoms with Crippen molar-refractivity contribution in [2.24, 2.45) is 35.5 Å². The lowest BCUT2D eigenvalue weighted by atomic mass is 9.63. The van der Waals surface area contributed by atoms with E-state index < -0.39 is 5.97 Å². The number of imide groups is 1. The third kappa shape index (κ3) is 1.54. The molecule has 1 N–H and O–H groups in total. The molecule has 2 bridgehead atoms. The van der Waals surface area contributed by atoms with E-state index in [1.807, 2.05) is 0 Å². The van der Waals surface area contributed by atoms with E-state index in [-0.39, 0.29) is 41.0 Å². The van der Waals surface area contributed by atoms with Crippen molar-refractivity contribution in [1.82, 2.24) is 0 Å². The number of carbonyl (C=O) groups excluding carboxylic acids is 2. The predicted molar refractivity (Wildman–Crippen MR) is 80.6 cm³/mol. The SMILES string of the molecule is O=C(O)c1cccc(N2C(=O)[C@@H]3[C@H]4C=C[C@H]([C@H]5C[C@H]45)[C@@H]3C2=O)c1. The topological polar surface area (TPSA) is 74.7 Å². The molecule has 116 valence electrons. The number of benzene rings is 1. The first-order chi connectivity index (χ1) is 11.1. The minimum absolute atomic E-state index is 0.0851. The summed E-state index contributed by atoms with van der Waals surface area (Å²) in [4.78, 5) is 38.2. The third-order valence-electron chi connectivity index (χ3n) is 6.01. The van der Waals surface area contributed by atoms with Crippen LogP contribution >= 0.6 is 0 Å². The Balaban J connectivity index is 1.57. The molecule has 1 heterocycles. The maximum Gasteiger partial charge on any atom is 0.335 e. The van der Waals surface area contributed by atoms with Gasteiger partial charge in [-0.05, 0) is 48.3 Å². The molecule has 1 aliphatic heterocycles. The van der Waals surface area contributed by atoms with Gasteiger partial charge in [-0.3, -0.25) is 9.59 Å². The summed E-state index contributed by atoms with van der Waals surface area (Å²) in [5, 5.41) is 9.13. The number of hydrogen-bond donors (Lipinski definition) is 1. The predicted octanol–water partition coefficient (Wildman–Crippen LogP) is 1.94. The molecular weight excluding hydrogens is 294 g/mol. The number of aromatic carboxylic acids is 1. The fraction of sp³-hybridized carbons (Fsp3) is 0.389. The van der Waals surface area contributed by atoms with Crippen molar-refractivity contribution >= 4 is 23.5 Å². The number of allylic oxidation sites excluding steroid dienone is 2.